The summed E-state index contributed by atoms with van der Waals surface area (Å²) >= 11 is 0. The Kier molecular flexibility index (Phi) is 6.67. The fourth-order valence-corrected chi connectivity index (χ4v) is 4.44. The molecule has 1 heterocycles. The van der Waals surface area contributed by atoms with Crippen LogP contribution in [0.3, 0.4) is 0 Å². The number of hydrogen-bond donors (Lipinski definition) is 2. The second-order valence-electron chi connectivity index (χ2n) is 8.76. The molecule has 0 aromatic heterocycles. The first-order valence-corrected chi connectivity index (χ1v) is 10.3. The van der Waals surface area contributed by atoms with E-state index in [1.165, 1.54) is 12.1 Å². The van der Waals surface area contributed by atoms with Crippen molar-refractivity contribution in [2.45, 2.75) is 77.2 Å². The summed E-state index contributed by atoms with van der Waals surface area (Å²) in [7, 11) is 0. The predicted octanol–water partition coefficient (Wildman–Crippen LogP) is 4.35. The molecule has 3 rings (SSSR count). The molecule has 1 saturated carbocycles. The van der Waals surface area contributed by atoms with Crippen molar-refractivity contribution >= 4 is 22.8 Å². The Bertz CT molecular complexity index is 841. The van der Waals surface area contributed by atoms with Crippen molar-refractivity contribution in [3.8, 4) is 0 Å². The van der Waals surface area contributed by atoms with Crippen LogP contribution in [-0.4, -0.2) is 33.4 Å². The fraction of sp³-hybridized carbons (Fsp3) is 0.650. The third-order valence-electron chi connectivity index (χ3n) is 5.69. The van der Waals surface area contributed by atoms with Crippen LogP contribution in [0, 0.1) is 26.1 Å². The molecule has 3 atom stereocenters. The molecular weight excluding hydrogens is 390 g/mol. The Morgan fingerprint density at radius 3 is 2.70 bits per heavy atom. The lowest BCUT2D eigenvalue weighted by atomic mass is 9.93. The van der Waals surface area contributed by atoms with E-state index in [0.29, 0.717) is 5.92 Å². The van der Waals surface area contributed by atoms with E-state index in [-0.39, 0.29) is 34.9 Å². The van der Waals surface area contributed by atoms with E-state index in [2.05, 4.69) is 36.6 Å². The summed E-state index contributed by atoms with van der Waals surface area (Å²) in [6, 6.07) is 3.51. The van der Waals surface area contributed by atoms with Gasteiger partial charge in [0.15, 0.2) is 0 Å². The smallest absolute Gasteiger partial charge is 0.301 e. The zero-order valence-corrected chi connectivity index (χ0v) is 17.6. The molecule has 2 fully saturated rings. The molecule has 2 aliphatic rings. The van der Waals surface area contributed by atoms with Crippen LogP contribution in [0.4, 0.5) is 17.1 Å². The number of nitrogens with zero attached hydrogens (tertiary/aromatic N) is 3. The number of non-ortho nitro benzene ring substituents is 1. The van der Waals surface area contributed by atoms with Crippen molar-refractivity contribution in [3.63, 3.8) is 0 Å². The van der Waals surface area contributed by atoms with Gasteiger partial charge < -0.3 is 4.74 Å². The van der Waals surface area contributed by atoms with E-state index < -0.39 is 9.85 Å². The maximum Gasteiger partial charge on any atom is 0.301 e. The summed E-state index contributed by atoms with van der Waals surface area (Å²) in [6.45, 7) is 6.46. The minimum absolute atomic E-state index is 0.00863. The highest BCUT2D eigenvalue weighted by molar-refractivity contribution is 5.89. The standard InChI is InChI=1S/C20H29N5O5/c1-13-12-20(2,3)21-19(30-13)10-7-14-5-4-6-16(14)22-23-17-9-8-15(24(26)27)11-18(17)25(28)29/h8-9,11,13-14,19,21,23H,4-7,10,12H2,1-3H3. The Morgan fingerprint density at radius 1 is 1.27 bits per heavy atom. The van der Waals surface area contributed by atoms with Gasteiger partial charge in [-0.15, -0.1) is 0 Å². The number of rotatable bonds is 7. The van der Waals surface area contributed by atoms with Crippen molar-refractivity contribution < 1.29 is 14.6 Å². The van der Waals surface area contributed by atoms with Gasteiger partial charge in [-0.1, -0.05) is 0 Å². The van der Waals surface area contributed by atoms with E-state index in [1.54, 1.807) is 0 Å². The Balaban J connectivity index is 1.64. The van der Waals surface area contributed by atoms with Gasteiger partial charge >= 0.3 is 5.69 Å². The predicted molar refractivity (Wildman–Crippen MR) is 114 cm³/mol. The van der Waals surface area contributed by atoms with E-state index in [4.69, 9.17) is 4.74 Å². The number of hydrogen-bond acceptors (Lipinski definition) is 8. The van der Waals surface area contributed by atoms with Crippen molar-refractivity contribution in [1.29, 1.82) is 0 Å². The number of hydrazone groups is 1. The summed E-state index contributed by atoms with van der Waals surface area (Å²) in [5.74, 6) is 0.292. The molecule has 1 aliphatic heterocycles. The van der Waals surface area contributed by atoms with Crippen LogP contribution in [0.15, 0.2) is 23.3 Å². The maximum absolute atomic E-state index is 11.3. The SMILES string of the molecule is CC1CC(C)(C)NC(CCC2CCCC2=NNc2ccc([N+](=O)[O-])cc2[N+](=O)[O-])O1. The highest BCUT2D eigenvalue weighted by Crippen LogP contribution is 2.32. The average molecular weight is 419 g/mol. The lowest BCUT2D eigenvalue weighted by molar-refractivity contribution is -0.393. The molecule has 1 saturated heterocycles. The first-order chi connectivity index (χ1) is 14.1. The summed E-state index contributed by atoms with van der Waals surface area (Å²) in [6.07, 6.45) is 5.86. The third-order valence-corrected chi connectivity index (χ3v) is 5.69. The topological polar surface area (TPSA) is 132 Å². The summed E-state index contributed by atoms with van der Waals surface area (Å²) in [5, 5.41) is 30.1. The molecule has 1 aliphatic carbocycles. The van der Waals surface area contributed by atoms with Crippen LogP contribution in [-0.2, 0) is 4.74 Å². The van der Waals surface area contributed by atoms with Crippen molar-refractivity contribution in [2.24, 2.45) is 11.0 Å². The van der Waals surface area contributed by atoms with Gasteiger partial charge in [0.05, 0.1) is 22.0 Å². The quantitative estimate of drug-likeness (QED) is 0.496. The molecule has 1 aromatic rings. The third kappa shape index (κ3) is 5.51. The molecule has 10 heteroatoms. The monoisotopic (exact) mass is 419 g/mol. The molecule has 3 unspecified atom stereocenters. The molecule has 0 amide bonds. The largest absolute Gasteiger partial charge is 0.360 e. The van der Waals surface area contributed by atoms with E-state index in [9.17, 15) is 20.2 Å². The van der Waals surface area contributed by atoms with Gasteiger partial charge in [-0.05, 0) is 71.3 Å². The highest BCUT2D eigenvalue weighted by Gasteiger charge is 2.33. The van der Waals surface area contributed by atoms with Crippen LogP contribution >= 0.6 is 0 Å². The van der Waals surface area contributed by atoms with Crippen LogP contribution in [0.25, 0.3) is 0 Å². The number of nitrogens with one attached hydrogen (secondary N) is 2. The van der Waals surface area contributed by atoms with Crippen molar-refractivity contribution in [1.82, 2.24) is 5.32 Å². The minimum Gasteiger partial charge on any atom is -0.360 e. The van der Waals surface area contributed by atoms with Crippen molar-refractivity contribution in [3.05, 3.63) is 38.4 Å². The van der Waals surface area contributed by atoms with Gasteiger partial charge in [-0.25, -0.2) is 0 Å². The first kappa shape index (κ1) is 22.1. The second kappa shape index (κ2) is 9.05. The fourth-order valence-electron chi connectivity index (χ4n) is 4.44. The number of anilines is 1. The van der Waals surface area contributed by atoms with Crippen LogP contribution in [0.5, 0.6) is 0 Å². The molecule has 10 nitrogen and oxygen atoms in total. The molecule has 30 heavy (non-hydrogen) atoms. The second-order valence-corrected chi connectivity index (χ2v) is 8.76. The van der Waals surface area contributed by atoms with E-state index >= 15 is 0 Å². The Labute approximate surface area is 175 Å². The van der Waals surface area contributed by atoms with E-state index in [0.717, 1.165) is 50.3 Å². The van der Waals surface area contributed by atoms with Gasteiger partial charge in [0, 0.05) is 17.3 Å². The number of nitro benzene ring substituents is 2. The van der Waals surface area contributed by atoms with Gasteiger partial charge in [0.1, 0.15) is 11.9 Å². The van der Waals surface area contributed by atoms with Gasteiger partial charge in [-0.3, -0.25) is 31.0 Å². The molecular formula is C20H29N5O5. The van der Waals surface area contributed by atoms with Crippen molar-refractivity contribution in [2.75, 3.05) is 5.43 Å². The van der Waals surface area contributed by atoms with Crippen LogP contribution < -0.4 is 10.7 Å². The summed E-state index contributed by atoms with van der Waals surface area (Å²) < 4.78 is 6.02. The van der Waals surface area contributed by atoms with E-state index in [1.807, 2.05) is 0 Å². The Hall–Kier alpha value is -2.59. The lowest BCUT2D eigenvalue weighted by Gasteiger charge is -2.41. The van der Waals surface area contributed by atoms with Gasteiger partial charge in [0.25, 0.3) is 5.69 Å². The van der Waals surface area contributed by atoms with Crippen LogP contribution in [0.1, 0.15) is 59.3 Å². The van der Waals surface area contributed by atoms with Crippen LogP contribution in [0.2, 0.25) is 0 Å². The zero-order valence-electron chi connectivity index (χ0n) is 17.6. The number of ether oxygens (including phenoxy) is 1. The molecule has 0 radical (unpaired) electrons. The molecule has 0 spiro atoms. The van der Waals surface area contributed by atoms with Gasteiger partial charge in [0.2, 0.25) is 0 Å². The zero-order chi connectivity index (χ0) is 21.9. The average Bonchev–Trinajstić information content (AvgIpc) is 3.10. The molecule has 2 N–H and O–H groups in total. The van der Waals surface area contributed by atoms with Gasteiger partial charge in [-0.2, -0.15) is 5.10 Å². The first-order valence-electron chi connectivity index (χ1n) is 10.3. The molecule has 0 bridgehead atoms. The Morgan fingerprint density at radius 2 is 2.03 bits per heavy atom. The number of benzene rings is 1. The number of nitro groups is 2. The molecule has 1 aromatic carbocycles. The molecule has 164 valence electrons. The summed E-state index contributed by atoms with van der Waals surface area (Å²) in [4.78, 5) is 20.9. The minimum atomic E-state index is -0.654. The normalized spacial score (nSPS) is 27.2. The maximum atomic E-state index is 11.3. The highest BCUT2D eigenvalue weighted by atomic mass is 16.6. The summed E-state index contributed by atoms with van der Waals surface area (Å²) in [5.41, 5.74) is 3.26. The lowest BCUT2D eigenvalue weighted by Crippen LogP contribution is -2.54.